The van der Waals surface area contributed by atoms with Gasteiger partial charge in [0.1, 0.15) is 11.8 Å². The molecule has 1 heterocycles. The summed E-state index contributed by atoms with van der Waals surface area (Å²) >= 11 is 0. The summed E-state index contributed by atoms with van der Waals surface area (Å²) in [4.78, 5) is 24.5. The van der Waals surface area contributed by atoms with Gasteiger partial charge in [-0.2, -0.15) is 5.26 Å². The molecule has 0 unspecified atom stereocenters. The zero-order valence-corrected chi connectivity index (χ0v) is 14.4. The summed E-state index contributed by atoms with van der Waals surface area (Å²) in [6, 6.07) is 7.00. The molecule has 8 nitrogen and oxygen atoms in total. The number of nitrogens with two attached hydrogens (primary N) is 1. The van der Waals surface area contributed by atoms with Gasteiger partial charge in [0.05, 0.1) is 31.2 Å². The van der Waals surface area contributed by atoms with Crippen LogP contribution in [-0.4, -0.2) is 36.7 Å². The van der Waals surface area contributed by atoms with Crippen LogP contribution in [0, 0.1) is 11.3 Å². The maximum absolute atomic E-state index is 12.4. The van der Waals surface area contributed by atoms with Crippen LogP contribution >= 0.6 is 0 Å². The van der Waals surface area contributed by atoms with Gasteiger partial charge in [-0.15, -0.1) is 0 Å². The van der Waals surface area contributed by atoms with Crippen molar-refractivity contribution in [3.8, 4) is 17.5 Å². The highest BCUT2D eigenvalue weighted by Gasteiger charge is 2.26. The highest BCUT2D eigenvalue weighted by atomic mass is 16.5. The highest BCUT2D eigenvalue weighted by Crippen LogP contribution is 2.31. The second kappa shape index (κ2) is 6.80. The van der Waals surface area contributed by atoms with Crippen molar-refractivity contribution in [2.45, 2.75) is 18.9 Å². The number of aromatic nitrogens is 1. The Hall–Kier alpha value is -3.47. The minimum atomic E-state index is -0.695. The summed E-state index contributed by atoms with van der Waals surface area (Å²) in [7, 11) is 2.69. The Morgan fingerprint density at radius 1 is 1.35 bits per heavy atom. The quantitative estimate of drug-likeness (QED) is 0.788. The van der Waals surface area contributed by atoms with Gasteiger partial charge in [0, 0.05) is 17.8 Å². The second-order valence-electron chi connectivity index (χ2n) is 5.91. The molecule has 1 aromatic carbocycles. The van der Waals surface area contributed by atoms with E-state index >= 15 is 0 Å². The molecule has 26 heavy (non-hydrogen) atoms. The predicted octanol–water partition coefficient (Wildman–Crippen LogP) is 1.62. The maximum atomic E-state index is 12.4. The summed E-state index contributed by atoms with van der Waals surface area (Å²) in [5, 5.41) is 12.1. The Morgan fingerprint density at radius 2 is 2.08 bits per heavy atom. The number of hydrogen-bond acceptors (Lipinski definition) is 6. The molecule has 1 aliphatic rings. The zero-order valence-electron chi connectivity index (χ0n) is 14.4. The van der Waals surface area contributed by atoms with Gasteiger partial charge in [-0.3, -0.25) is 4.79 Å². The molecule has 0 atom stereocenters. The minimum Gasteiger partial charge on any atom is -0.495 e. The van der Waals surface area contributed by atoms with E-state index in [0.717, 1.165) is 12.8 Å². The zero-order chi connectivity index (χ0) is 18.8. The molecule has 0 bridgehead atoms. The van der Waals surface area contributed by atoms with Crippen LogP contribution in [0.5, 0.6) is 5.75 Å². The van der Waals surface area contributed by atoms with Crippen molar-refractivity contribution >= 4 is 17.6 Å². The first kappa shape index (κ1) is 17.4. The van der Waals surface area contributed by atoms with Gasteiger partial charge in [-0.1, -0.05) is 0 Å². The normalized spacial score (nSPS) is 13.0. The molecule has 3 rings (SSSR count). The molecule has 0 spiro atoms. The van der Waals surface area contributed by atoms with Crippen LogP contribution in [0.4, 0.5) is 5.69 Å². The summed E-state index contributed by atoms with van der Waals surface area (Å²) in [5.41, 5.74) is 6.88. The van der Waals surface area contributed by atoms with Crippen molar-refractivity contribution in [2.75, 3.05) is 20.0 Å². The third-order valence-electron chi connectivity index (χ3n) is 4.16. The number of rotatable bonds is 5. The third-order valence-corrected chi connectivity index (χ3v) is 4.16. The monoisotopic (exact) mass is 354 g/mol. The molecule has 1 saturated carbocycles. The molecule has 0 aliphatic heterocycles. The number of methoxy groups -OCH3 is 2. The van der Waals surface area contributed by atoms with Crippen LogP contribution in [0.2, 0.25) is 0 Å². The lowest BCUT2D eigenvalue weighted by Crippen LogP contribution is -2.25. The van der Waals surface area contributed by atoms with Crippen LogP contribution in [-0.2, 0) is 4.74 Å². The van der Waals surface area contributed by atoms with E-state index in [-0.39, 0.29) is 28.9 Å². The van der Waals surface area contributed by atoms with E-state index in [0.29, 0.717) is 17.0 Å². The Morgan fingerprint density at radius 3 is 2.65 bits per heavy atom. The fourth-order valence-corrected chi connectivity index (χ4v) is 2.62. The molecule has 0 saturated heterocycles. The lowest BCUT2D eigenvalue weighted by Gasteiger charge is -2.14. The number of anilines is 1. The van der Waals surface area contributed by atoms with Gasteiger partial charge in [0.15, 0.2) is 5.69 Å². The smallest absolute Gasteiger partial charge is 0.357 e. The maximum Gasteiger partial charge on any atom is 0.357 e. The fourth-order valence-electron chi connectivity index (χ4n) is 2.62. The molecular weight excluding hydrogens is 336 g/mol. The molecule has 2 aromatic rings. The number of esters is 1. The fraction of sp³-hybridized carbons (Fsp3) is 0.278. The Labute approximate surface area is 150 Å². The number of benzene rings is 1. The molecule has 8 heteroatoms. The average molecular weight is 354 g/mol. The van der Waals surface area contributed by atoms with Crippen LogP contribution < -0.4 is 15.8 Å². The molecule has 0 radical (unpaired) electrons. The number of carbonyl (C=O) groups is 2. The first-order valence-corrected chi connectivity index (χ1v) is 7.98. The molecule has 1 aliphatic carbocycles. The van der Waals surface area contributed by atoms with E-state index in [2.05, 4.69) is 5.32 Å². The number of ether oxygens (including phenoxy) is 2. The third kappa shape index (κ3) is 3.07. The SMILES string of the molecule is COC(=O)c1c(N)c(C#N)cn1-c1cc(C(=O)NC2CC2)ccc1OC. The van der Waals surface area contributed by atoms with Crippen LogP contribution in [0.15, 0.2) is 24.4 Å². The molecular formula is C18H18N4O4. The summed E-state index contributed by atoms with van der Waals surface area (Å²) in [6.07, 6.45) is 3.36. The van der Waals surface area contributed by atoms with Crippen LogP contribution in [0.3, 0.4) is 0 Å². The summed E-state index contributed by atoms with van der Waals surface area (Å²) in [5.74, 6) is -0.492. The van der Waals surface area contributed by atoms with E-state index in [4.69, 9.17) is 15.2 Å². The number of nitrogens with zero attached hydrogens (tertiary/aromatic N) is 2. The van der Waals surface area contributed by atoms with Gasteiger partial charge >= 0.3 is 5.97 Å². The number of amides is 1. The van der Waals surface area contributed by atoms with E-state index in [9.17, 15) is 14.9 Å². The van der Waals surface area contributed by atoms with Gasteiger partial charge in [0.2, 0.25) is 0 Å². The summed E-state index contributed by atoms with van der Waals surface area (Å²) < 4.78 is 11.5. The Kier molecular flexibility index (Phi) is 4.54. The minimum absolute atomic E-state index is 0.00195. The first-order valence-electron chi connectivity index (χ1n) is 7.98. The Balaban J connectivity index is 2.14. The highest BCUT2D eigenvalue weighted by molar-refractivity contribution is 5.97. The van der Waals surface area contributed by atoms with E-state index in [1.54, 1.807) is 18.2 Å². The molecule has 1 aromatic heterocycles. The van der Waals surface area contributed by atoms with Crippen LogP contribution in [0.1, 0.15) is 39.3 Å². The van der Waals surface area contributed by atoms with Crippen molar-refractivity contribution in [1.82, 2.24) is 9.88 Å². The van der Waals surface area contributed by atoms with E-state index < -0.39 is 5.97 Å². The predicted molar refractivity (Wildman–Crippen MR) is 93.3 cm³/mol. The van der Waals surface area contributed by atoms with E-state index in [1.165, 1.54) is 25.0 Å². The lowest BCUT2D eigenvalue weighted by molar-refractivity contribution is 0.0593. The molecule has 1 amide bonds. The number of hydrogen-bond donors (Lipinski definition) is 2. The van der Waals surface area contributed by atoms with Crippen molar-refractivity contribution in [2.24, 2.45) is 0 Å². The largest absolute Gasteiger partial charge is 0.495 e. The second-order valence-corrected chi connectivity index (χ2v) is 5.91. The van der Waals surface area contributed by atoms with Gasteiger partial charge < -0.3 is 25.1 Å². The number of nitrogens with one attached hydrogen (secondary N) is 1. The van der Waals surface area contributed by atoms with Crippen molar-refractivity contribution < 1.29 is 19.1 Å². The Bertz CT molecular complexity index is 922. The van der Waals surface area contributed by atoms with Crippen molar-refractivity contribution in [3.63, 3.8) is 0 Å². The van der Waals surface area contributed by atoms with Crippen molar-refractivity contribution in [3.05, 3.63) is 41.2 Å². The average Bonchev–Trinajstić information content (AvgIpc) is 3.41. The van der Waals surface area contributed by atoms with E-state index in [1.807, 2.05) is 6.07 Å². The molecule has 3 N–H and O–H groups in total. The molecule has 1 fully saturated rings. The summed E-state index contributed by atoms with van der Waals surface area (Å²) in [6.45, 7) is 0. The lowest BCUT2D eigenvalue weighted by atomic mass is 10.1. The van der Waals surface area contributed by atoms with Gasteiger partial charge in [-0.25, -0.2) is 4.79 Å². The van der Waals surface area contributed by atoms with Crippen molar-refractivity contribution in [1.29, 1.82) is 5.26 Å². The topological polar surface area (TPSA) is 119 Å². The number of nitriles is 1. The standard InChI is InChI=1S/C18H18N4O4/c1-25-14-6-3-10(17(23)21-12-4-5-12)7-13(14)22-9-11(8-19)15(20)16(22)18(24)26-2/h3,6-7,9,12H,4-5,20H2,1-2H3,(H,21,23). The van der Waals surface area contributed by atoms with Gasteiger partial charge in [0.25, 0.3) is 5.91 Å². The number of carbonyl (C=O) groups excluding carboxylic acids is 2. The molecule has 134 valence electrons. The van der Waals surface area contributed by atoms with Gasteiger partial charge in [-0.05, 0) is 31.0 Å². The number of nitrogen functional groups attached to an aromatic ring is 1. The van der Waals surface area contributed by atoms with Crippen LogP contribution in [0.25, 0.3) is 5.69 Å². The first-order chi connectivity index (χ1) is 12.5.